The standard InChI is InChI=1S/C21H26BrNO3/c1-24-19-10-5-4-8-16(19)18-9-6-7-15(23-18)11-14-12-21(26-3)17(22)13-20(14)25-2/h4-5,8,10,12-13,15,18,23H,6-7,9,11H2,1-3H3/t15-,18-/m0/s1. The molecule has 1 N–H and O–H groups in total. The molecule has 1 saturated heterocycles. The Bertz CT molecular complexity index is 750. The molecule has 1 aliphatic rings. The monoisotopic (exact) mass is 419 g/mol. The molecule has 140 valence electrons. The van der Waals surface area contributed by atoms with Crippen molar-refractivity contribution < 1.29 is 14.2 Å². The van der Waals surface area contributed by atoms with Crippen LogP contribution in [-0.2, 0) is 6.42 Å². The van der Waals surface area contributed by atoms with Gasteiger partial charge in [0, 0.05) is 17.6 Å². The van der Waals surface area contributed by atoms with Crippen LogP contribution in [0.25, 0.3) is 0 Å². The van der Waals surface area contributed by atoms with Gasteiger partial charge < -0.3 is 19.5 Å². The zero-order chi connectivity index (χ0) is 18.5. The summed E-state index contributed by atoms with van der Waals surface area (Å²) in [5.41, 5.74) is 2.39. The van der Waals surface area contributed by atoms with Crippen molar-refractivity contribution in [3.63, 3.8) is 0 Å². The summed E-state index contributed by atoms with van der Waals surface area (Å²) in [6.07, 6.45) is 4.36. The summed E-state index contributed by atoms with van der Waals surface area (Å²) in [7, 11) is 5.13. The van der Waals surface area contributed by atoms with Crippen LogP contribution in [0.15, 0.2) is 40.9 Å². The Balaban J connectivity index is 1.79. The van der Waals surface area contributed by atoms with Crippen molar-refractivity contribution >= 4 is 15.9 Å². The lowest BCUT2D eigenvalue weighted by Gasteiger charge is -2.32. The number of hydrogen-bond donors (Lipinski definition) is 1. The number of halogens is 1. The maximum atomic E-state index is 5.58. The molecule has 3 rings (SSSR count). The summed E-state index contributed by atoms with van der Waals surface area (Å²) in [6, 6.07) is 13.0. The van der Waals surface area contributed by atoms with Gasteiger partial charge in [-0.15, -0.1) is 0 Å². The van der Waals surface area contributed by atoms with Gasteiger partial charge in [0.15, 0.2) is 0 Å². The summed E-state index contributed by atoms with van der Waals surface area (Å²) in [4.78, 5) is 0. The van der Waals surface area contributed by atoms with Crippen LogP contribution in [0.4, 0.5) is 0 Å². The molecule has 1 heterocycles. The maximum Gasteiger partial charge on any atom is 0.133 e. The van der Waals surface area contributed by atoms with Gasteiger partial charge in [-0.25, -0.2) is 0 Å². The van der Waals surface area contributed by atoms with E-state index in [1.165, 1.54) is 12.0 Å². The summed E-state index contributed by atoms with van der Waals surface area (Å²) in [5, 5.41) is 3.81. The van der Waals surface area contributed by atoms with Crippen molar-refractivity contribution in [2.75, 3.05) is 21.3 Å². The Morgan fingerprint density at radius 1 is 0.962 bits per heavy atom. The topological polar surface area (TPSA) is 39.7 Å². The van der Waals surface area contributed by atoms with Crippen molar-refractivity contribution in [1.29, 1.82) is 0 Å². The number of nitrogens with one attached hydrogen (secondary N) is 1. The molecular weight excluding hydrogens is 394 g/mol. The lowest BCUT2D eigenvalue weighted by Crippen LogP contribution is -2.38. The highest BCUT2D eigenvalue weighted by Crippen LogP contribution is 2.36. The van der Waals surface area contributed by atoms with Crippen LogP contribution in [-0.4, -0.2) is 27.4 Å². The number of methoxy groups -OCH3 is 3. The normalized spacial score (nSPS) is 19.8. The molecule has 2 atom stereocenters. The minimum Gasteiger partial charge on any atom is -0.496 e. The Morgan fingerprint density at radius 2 is 1.69 bits per heavy atom. The zero-order valence-corrected chi connectivity index (χ0v) is 17.1. The molecule has 0 spiro atoms. The number of benzene rings is 2. The van der Waals surface area contributed by atoms with Gasteiger partial charge in [0.25, 0.3) is 0 Å². The van der Waals surface area contributed by atoms with Crippen LogP contribution in [0.1, 0.15) is 36.4 Å². The van der Waals surface area contributed by atoms with E-state index in [1.807, 2.05) is 18.2 Å². The molecule has 2 aromatic carbocycles. The first-order valence-corrected chi connectivity index (χ1v) is 9.75. The van der Waals surface area contributed by atoms with Gasteiger partial charge in [0.05, 0.1) is 25.8 Å². The highest BCUT2D eigenvalue weighted by molar-refractivity contribution is 9.10. The third-order valence-electron chi connectivity index (χ3n) is 5.02. The van der Waals surface area contributed by atoms with Crippen LogP contribution in [0, 0.1) is 0 Å². The summed E-state index contributed by atoms with van der Waals surface area (Å²) in [5.74, 6) is 2.67. The van der Waals surface area contributed by atoms with Gasteiger partial charge in [0.1, 0.15) is 17.2 Å². The number of para-hydroxylation sites is 1. The summed E-state index contributed by atoms with van der Waals surface area (Å²) < 4.78 is 17.5. The summed E-state index contributed by atoms with van der Waals surface area (Å²) >= 11 is 3.53. The lowest BCUT2D eigenvalue weighted by atomic mass is 9.90. The van der Waals surface area contributed by atoms with Crippen LogP contribution in [0.2, 0.25) is 0 Å². The maximum absolute atomic E-state index is 5.58. The third-order valence-corrected chi connectivity index (χ3v) is 5.64. The van der Waals surface area contributed by atoms with E-state index in [0.717, 1.165) is 46.5 Å². The van der Waals surface area contributed by atoms with E-state index in [2.05, 4.69) is 39.4 Å². The minimum atomic E-state index is 0.313. The predicted molar refractivity (Wildman–Crippen MR) is 107 cm³/mol. The predicted octanol–water partition coefficient (Wildman–Crippen LogP) is 4.90. The number of rotatable bonds is 6. The highest BCUT2D eigenvalue weighted by Gasteiger charge is 2.25. The van der Waals surface area contributed by atoms with Crippen molar-refractivity contribution in [2.45, 2.75) is 37.8 Å². The first kappa shape index (κ1) is 19.1. The molecule has 0 bridgehead atoms. The largest absolute Gasteiger partial charge is 0.496 e. The molecule has 26 heavy (non-hydrogen) atoms. The van der Waals surface area contributed by atoms with E-state index in [9.17, 15) is 0 Å². The minimum absolute atomic E-state index is 0.313. The van der Waals surface area contributed by atoms with Gasteiger partial charge in [-0.2, -0.15) is 0 Å². The van der Waals surface area contributed by atoms with Crippen molar-refractivity contribution in [3.8, 4) is 17.2 Å². The lowest BCUT2D eigenvalue weighted by molar-refractivity contribution is 0.310. The SMILES string of the molecule is COc1cc(C[C@@H]2CCC[C@@H](c3ccccc3OC)N2)c(OC)cc1Br. The highest BCUT2D eigenvalue weighted by atomic mass is 79.9. The number of ether oxygens (including phenoxy) is 3. The fourth-order valence-electron chi connectivity index (χ4n) is 3.73. The fourth-order valence-corrected chi connectivity index (χ4v) is 4.21. The molecule has 0 amide bonds. The molecule has 0 saturated carbocycles. The Kier molecular flexibility index (Phi) is 6.43. The fraction of sp³-hybridized carbons (Fsp3) is 0.429. The second-order valence-electron chi connectivity index (χ2n) is 6.59. The van der Waals surface area contributed by atoms with Gasteiger partial charge in [-0.05, 0) is 65.4 Å². The van der Waals surface area contributed by atoms with Gasteiger partial charge in [0.2, 0.25) is 0 Å². The van der Waals surface area contributed by atoms with E-state index in [0.29, 0.717) is 12.1 Å². The van der Waals surface area contributed by atoms with Crippen molar-refractivity contribution in [3.05, 3.63) is 52.0 Å². The van der Waals surface area contributed by atoms with Crippen LogP contribution in [0.5, 0.6) is 17.2 Å². The van der Waals surface area contributed by atoms with Crippen LogP contribution < -0.4 is 19.5 Å². The van der Waals surface area contributed by atoms with Crippen LogP contribution >= 0.6 is 15.9 Å². The molecule has 1 aliphatic heterocycles. The average molecular weight is 420 g/mol. The Morgan fingerprint density at radius 3 is 2.42 bits per heavy atom. The number of hydrogen-bond acceptors (Lipinski definition) is 4. The van der Waals surface area contributed by atoms with Crippen LogP contribution in [0.3, 0.4) is 0 Å². The van der Waals surface area contributed by atoms with E-state index in [1.54, 1.807) is 21.3 Å². The van der Waals surface area contributed by atoms with E-state index >= 15 is 0 Å². The quantitative estimate of drug-likeness (QED) is 0.722. The molecule has 2 aromatic rings. The Hall–Kier alpha value is -1.72. The third kappa shape index (κ3) is 4.15. The first-order chi connectivity index (χ1) is 12.7. The number of piperidine rings is 1. The second-order valence-corrected chi connectivity index (χ2v) is 7.45. The van der Waals surface area contributed by atoms with E-state index in [4.69, 9.17) is 14.2 Å². The average Bonchev–Trinajstić information content (AvgIpc) is 2.69. The molecular formula is C21H26BrNO3. The van der Waals surface area contributed by atoms with E-state index < -0.39 is 0 Å². The molecule has 0 radical (unpaired) electrons. The van der Waals surface area contributed by atoms with E-state index in [-0.39, 0.29) is 0 Å². The van der Waals surface area contributed by atoms with Crippen molar-refractivity contribution in [2.24, 2.45) is 0 Å². The molecule has 0 unspecified atom stereocenters. The van der Waals surface area contributed by atoms with Gasteiger partial charge in [-0.3, -0.25) is 0 Å². The van der Waals surface area contributed by atoms with Crippen molar-refractivity contribution in [1.82, 2.24) is 5.32 Å². The molecule has 0 aromatic heterocycles. The zero-order valence-electron chi connectivity index (χ0n) is 15.5. The Labute approximate surface area is 164 Å². The molecule has 1 fully saturated rings. The summed E-state index contributed by atoms with van der Waals surface area (Å²) in [6.45, 7) is 0. The smallest absolute Gasteiger partial charge is 0.133 e. The molecule has 0 aliphatic carbocycles. The second kappa shape index (κ2) is 8.78. The van der Waals surface area contributed by atoms with Gasteiger partial charge >= 0.3 is 0 Å². The first-order valence-electron chi connectivity index (χ1n) is 8.95. The molecule has 4 nitrogen and oxygen atoms in total. The molecule has 5 heteroatoms. The van der Waals surface area contributed by atoms with Gasteiger partial charge in [-0.1, -0.05) is 18.2 Å².